The Kier molecular flexibility index (Phi) is 7.23. The van der Waals surface area contributed by atoms with Gasteiger partial charge in [0.15, 0.2) is 5.96 Å². The molecule has 3 aromatic heterocycles. The van der Waals surface area contributed by atoms with Crippen molar-refractivity contribution in [1.29, 1.82) is 0 Å². The van der Waals surface area contributed by atoms with E-state index in [0.29, 0.717) is 6.54 Å². The van der Waals surface area contributed by atoms with Gasteiger partial charge in [0.25, 0.3) is 0 Å². The van der Waals surface area contributed by atoms with Gasteiger partial charge in [0.05, 0.1) is 22.1 Å². The molecule has 0 bridgehead atoms. The van der Waals surface area contributed by atoms with Crippen molar-refractivity contribution in [3.8, 4) is 10.6 Å². The lowest BCUT2D eigenvalue weighted by Gasteiger charge is -2.21. The maximum Gasteiger partial charge on any atom is 0.191 e. The predicted molar refractivity (Wildman–Crippen MR) is 122 cm³/mol. The van der Waals surface area contributed by atoms with Crippen LogP contribution >= 0.6 is 34.0 Å². The third kappa shape index (κ3) is 5.64. The minimum atomic E-state index is -0.962. The molecule has 0 spiro atoms. The first-order valence-electron chi connectivity index (χ1n) is 9.26. The average Bonchev–Trinajstić information content (AvgIpc) is 3.41. The van der Waals surface area contributed by atoms with Crippen LogP contribution in [0, 0.1) is 6.92 Å². The van der Waals surface area contributed by atoms with Crippen LogP contribution < -0.4 is 10.6 Å². The molecule has 0 aliphatic rings. The smallest absolute Gasteiger partial charge is 0.191 e. The predicted octanol–water partition coefficient (Wildman–Crippen LogP) is 4.25. The maximum absolute atomic E-state index is 10.6. The molecule has 0 aromatic carbocycles. The lowest BCUT2D eigenvalue weighted by atomic mass is 10.00. The lowest BCUT2D eigenvalue weighted by molar-refractivity contribution is 0.0677. The van der Waals surface area contributed by atoms with Crippen molar-refractivity contribution in [2.75, 3.05) is 19.6 Å². The zero-order valence-electron chi connectivity index (χ0n) is 16.4. The summed E-state index contributed by atoms with van der Waals surface area (Å²) in [7, 11) is 0. The van der Waals surface area contributed by atoms with Crippen LogP contribution in [0.4, 0.5) is 0 Å². The molecule has 0 saturated heterocycles. The second kappa shape index (κ2) is 9.65. The van der Waals surface area contributed by atoms with Gasteiger partial charge in [0.2, 0.25) is 0 Å². The van der Waals surface area contributed by atoms with E-state index in [1.54, 1.807) is 40.9 Å². The Hall–Kier alpha value is -1.74. The molecule has 3 rings (SSSR count). The normalized spacial score (nSPS) is 14.1. The molecule has 0 aliphatic carbocycles. The van der Waals surface area contributed by atoms with E-state index in [4.69, 9.17) is 0 Å². The zero-order valence-corrected chi connectivity index (χ0v) is 18.8. The van der Waals surface area contributed by atoms with Crippen LogP contribution in [0.25, 0.3) is 10.6 Å². The molecule has 1 unspecified atom stereocenters. The van der Waals surface area contributed by atoms with Gasteiger partial charge in [-0.25, -0.2) is 9.98 Å². The van der Waals surface area contributed by atoms with Gasteiger partial charge >= 0.3 is 0 Å². The molecule has 0 aliphatic heterocycles. The van der Waals surface area contributed by atoms with Gasteiger partial charge < -0.3 is 15.7 Å². The molecule has 5 nitrogen and oxygen atoms in total. The van der Waals surface area contributed by atoms with Crippen molar-refractivity contribution >= 4 is 40.0 Å². The molecule has 0 radical (unpaired) electrons. The Morgan fingerprint density at radius 2 is 2.11 bits per heavy atom. The zero-order chi connectivity index (χ0) is 20.0. The van der Waals surface area contributed by atoms with Crippen molar-refractivity contribution in [2.45, 2.75) is 32.8 Å². The highest BCUT2D eigenvalue weighted by molar-refractivity contribution is 7.16. The van der Waals surface area contributed by atoms with Gasteiger partial charge in [0.1, 0.15) is 5.60 Å². The summed E-state index contributed by atoms with van der Waals surface area (Å²) in [5.74, 6) is 0.727. The number of rotatable bonds is 8. The van der Waals surface area contributed by atoms with Gasteiger partial charge in [-0.1, -0.05) is 0 Å². The molecule has 0 amide bonds. The van der Waals surface area contributed by atoms with Crippen LogP contribution in [0.1, 0.15) is 29.3 Å². The van der Waals surface area contributed by atoms with Crippen molar-refractivity contribution in [3.05, 3.63) is 49.8 Å². The molecule has 1 atom stereocenters. The van der Waals surface area contributed by atoms with Crippen LogP contribution in [0.5, 0.6) is 0 Å². The third-order valence-corrected chi connectivity index (χ3v) is 6.85. The molecular formula is C20H26N4OS3. The molecule has 8 heteroatoms. The summed E-state index contributed by atoms with van der Waals surface area (Å²) in [6.45, 7) is 7.74. The Labute approximate surface area is 178 Å². The largest absolute Gasteiger partial charge is 0.383 e. The summed E-state index contributed by atoms with van der Waals surface area (Å²) in [5, 5.41) is 24.4. The lowest BCUT2D eigenvalue weighted by Crippen LogP contribution is -2.39. The average molecular weight is 435 g/mol. The molecular weight excluding hydrogens is 408 g/mol. The standard InChI is InChI=1S/C20H26N4OS3/c1-4-21-19(23-13-20(3,25)15-8-10-26-11-15)22-9-7-16-5-6-18(28-16)17-12-27-14(2)24-17/h5-6,8,10-12,25H,4,7,9,13H2,1-3H3,(H2,21,22,23). The van der Waals surface area contributed by atoms with E-state index in [2.05, 4.69) is 38.1 Å². The van der Waals surface area contributed by atoms with Crippen LogP contribution in [0.2, 0.25) is 0 Å². The van der Waals surface area contributed by atoms with E-state index in [0.717, 1.165) is 41.7 Å². The number of nitrogens with one attached hydrogen (secondary N) is 2. The van der Waals surface area contributed by atoms with Crippen LogP contribution in [-0.2, 0) is 12.0 Å². The number of thiophene rings is 2. The Balaban J connectivity index is 1.54. The topological polar surface area (TPSA) is 69.5 Å². The van der Waals surface area contributed by atoms with E-state index >= 15 is 0 Å². The van der Waals surface area contributed by atoms with Crippen molar-refractivity contribution < 1.29 is 5.11 Å². The van der Waals surface area contributed by atoms with Gasteiger partial charge in [-0.3, -0.25) is 0 Å². The number of guanidine groups is 1. The van der Waals surface area contributed by atoms with Crippen LogP contribution in [0.15, 0.2) is 39.3 Å². The second-order valence-electron chi connectivity index (χ2n) is 6.68. The summed E-state index contributed by atoms with van der Waals surface area (Å²) >= 11 is 5.05. The minimum absolute atomic E-state index is 0.311. The SMILES string of the molecule is CCNC(=NCC(C)(O)c1ccsc1)NCCc1ccc(-c2csc(C)n2)s1. The first kappa shape index (κ1) is 21.0. The van der Waals surface area contributed by atoms with Gasteiger partial charge in [-0.2, -0.15) is 11.3 Å². The maximum atomic E-state index is 10.6. The van der Waals surface area contributed by atoms with Gasteiger partial charge in [-0.15, -0.1) is 22.7 Å². The van der Waals surface area contributed by atoms with E-state index in [1.807, 2.05) is 30.7 Å². The van der Waals surface area contributed by atoms with Crippen molar-refractivity contribution in [2.24, 2.45) is 4.99 Å². The van der Waals surface area contributed by atoms with E-state index < -0.39 is 5.60 Å². The van der Waals surface area contributed by atoms with Gasteiger partial charge in [0, 0.05) is 23.3 Å². The van der Waals surface area contributed by atoms with Gasteiger partial charge in [-0.05, 0) is 61.7 Å². The molecule has 3 N–H and O–H groups in total. The summed E-state index contributed by atoms with van der Waals surface area (Å²) in [6, 6.07) is 6.26. The number of aromatic nitrogens is 1. The molecule has 0 saturated carbocycles. The fourth-order valence-corrected chi connectivity index (χ4v) is 5.11. The summed E-state index contributed by atoms with van der Waals surface area (Å²) < 4.78 is 0. The molecule has 28 heavy (non-hydrogen) atoms. The fraction of sp³-hybridized carbons (Fsp3) is 0.400. The highest BCUT2D eigenvalue weighted by atomic mass is 32.1. The summed E-state index contributed by atoms with van der Waals surface area (Å²) in [6.07, 6.45) is 0.916. The molecule has 0 fully saturated rings. The fourth-order valence-electron chi connectivity index (χ4n) is 2.67. The number of thiazole rings is 1. The third-order valence-electron chi connectivity index (χ3n) is 4.23. The number of hydrogen-bond acceptors (Lipinski definition) is 6. The quantitative estimate of drug-likeness (QED) is 0.366. The minimum Gasteiger partial charge on any atom is -0.383 e. The second-order valence-corrected chi connectivity index (χ2v) is 9.69. The monoisotopic (exact) mass is 434 g/mol. The van der Waals surface area contributed by atoms with Crippen molar-refractivity contribution in [3.63, 3.8) is 0 Å². The highest BCUT2D eigenvalue weighted by Gasteiger charge is 2.23. The number of aliphatic imine (C=N–C) groups is 1. The van der Waals surface area contributed by atoms with E-state index in [1.165, 1.54) is 9.75 Å². The first-order chi connectivity index (χ1) is 13.5. The Morgan fingerprint density at radius 3 is 2.79 bits per heavy atom. The number of hydrogen-bond donors (Lipinski definition) is 3. The molecule has 3 heterocycles. The summed E-state index contributed by atoms with van der Waals surface area (Å²) in [4.78, 5) is 11.7. The number of aliphatic hydroxyl groups is 1. The molecule has 3 aromatic rings. The van der Waals surface area contributed by atoms with E-state index in [9.17, 15) is 5.11 Å². The number of nitrogens with zero attached hydrogens (tertiary/aromatic N) is 2. The summed E-state index contributed by atoms with van der Waals surface area (Å²) in [5.41, 5.74) is 1.01. The Morgan fingerprint density at radius 1 is 1.25 bits per heavy atom. The van der Waals surface area contributed by atoms with E-state index in [-0.39, 0.29) is 0 Å². The van der Waals surface area contributed by atoms with Crippen LogP contribution in [0.3, 0.4) is 0 Å². The molecule has 150 valence electrons. The van der Waals surface area contributed by atoms with Crippen molar-refractivity contribution in [1.82, 2.24) is 15.6 Å². The first-order valence-corrected chi connectivity index (χ1v) is 11.9. The number of aryl methyl sites for hydroxylation is 1. The Bertz CT molecular complexity index is 896. The van der Waals surface area contributed by atoms with Crippen LogP contribution in [-0.4, -0.2) is 35.7 Å². The highest BCUT2D eigenvalue weighted by Crippen LogP contribution is 2.29.